The molecule has 0 spiro atoms. The molecule has 7 heteroatoms. The van der Waals surface area contributed by atoms with Crippen LogP contribution in [0.15, 0.2) is 0 Å². The number of carbonyl (C=O) groups excluding carboxylic acids is 1. The molecule has 0 bridgehead atoms. The van der Waals surface area contributed by atoms with Crippen molar-refractivity contribution in [1.29, 1.82) is 0 Å². The zero-order chi connectivity index (χ0) is 20.3. The average molecular weight is 387 g/mol. The number of amides is 1. The minimum absolute atomic E-state index is 0.149. The maximum atomic E-state index is 11.6. The lowest BCUT2D eigenvalue weighted by molar-refractivity contribution is -0.145. The third kappa shape index (κ3) is 15.6. The fraction of sp³-hybridized carbons (Fsp3) is 0.900. The second kappa shape index (κ2) is 18.2. The van der Waals surface area contributed by atoms with Crippen LogP contribution in [0.5, 0.6) is 0 Å². The van der Waals surface area contributed by atoms with Crippen molar-refractivity contribution in [3.8, 4) is 0 Å². The molecule has 27 heavy (non-hydrogen) atoms. The second-order valence-corrected chi connectivity index (χ2v) is 7.28. The highest BCUT2D eigenvalue weighted by Gasteiger charge is 2.26. The number of aliphatic carboxylic acids is 1. The fourth-order valence-corrected chi connectivity index (χ4v) is 3.24. The number of unbranched alkanes of at least 4 members (excludes halogenated alkanes) is 9. The van der Waals surface area contributed by atoms with Crippen LogP contribution in [0.25, 0.3) is 0 Å². The molecule has 1 atom stereocenters. The van der Waals surface area contributed by atoms with Gasteiger partial charge in [0.15, 0.2) is 0 Å². The van der Waals surface area contributed by atoms with E-state index in [1.54, 1.807) is 0 Å². The maximum absolute atomic E-state index is 11.6. The minimum Gasteiger partial charge on any atom is -0.480 e. The molecule has 160 valence electrons. The molecule has 0 aromatic rings. The van der Waals surface area contributed by atoms with Crippen LogP contribution < -0.4 is 16.8 Å². The van der Waals surface area contributed by atoms with Crippen LogP contribution in [0, 0.1) is 0 Å². The van der Waals surface area contributed by atoms with E-state index in [-0.39, 0.29) is 6.42 Å². The number of nitrogens with two attached hydrogens (primary N) is 2. The van der Waals surface area contributed by atoms with Gasteiger partial charge >= 0.3 is 5.97 Å². The predicted molar refractivity (Wildman–Crippen MR) is 111 cm³/mol. The van der Waals surface area contributed by atoms with Gasteiger partial charge in [0.2, 0.25) is 5.91 Å². The Labute approximate surface area is 165 Å². The molecule has 0 aromatic carbocycles. The first kappa shape index (κ1) is 25.8. The number of carboxylic acids is 1. The van der Waals surface area contributed by atoms with Crippen molar-refractivity contribution in [2.75, 3.05) is 32.7 Å². The first-order chi connectivity index (χ1) is 13.0. The summed E-state index contributed by atoms with van der Waals surface area (Å²) in [5.74, 6) is -1.56. The Hall–Kier alpha value is -1.18. The molecule has 6 N–H and O–H groups in total. The molecule has 7 nitrogen and oxygen atoms in total. The van der Waals surface area contributed by atoms with Gasteiger partial charge in [-0.05, 0) is 13.0 Å². The van der Waals surface area contributed by atoms with Gasteiger partial charge < -0.3 is 21.9 Å². The first-order valence-corrected chi connectivity index (χ1v) is 10.7. The number of carbonyl (C=O) groups is 2. The Morgan fingerprint density at radius 2 is 1.48 bits per heavy atom. The molecule has 0 saturated carbocycles. The fourth-order valence-electron chi connectivity index (χ4n) is 3.24. The number of hydrogen-bond acceptors (Lipinski definition) is 5. The van der Waals surface area contributed by atoms with Gasteiger partial charge in [-0.1, -0.05) is 64.7 Å². The van der Waals surface area contributed by atoms with Gasteiger partial charge in [0.1, 0.15) is 6.04 Å². The number of hydrogen-bond donors (Lipinski definition) is 4. The van der Waals surface area contributed by atoms with Crippen LogP contribution in [-0.2, 0) is 9.59 Å². The number of rotatable bonds is 20. The summed E-state index contributed by atoms with van der Waals surface area (Å²) in [6, 6.07) is -0.847. The Kier molecular flexibility index (Phi) is 17.4. The SMILES string of the molecule is CCCCCCCCCCCCN(CCNCCN)C(CC(N)=O)C(=O)O. The summed E-state index contributed by atoms with van der Waals surface area (Å²) in [4.78, 5) is 24.7. The summed E-state index contributed by atoms with van der Waals surface area (Å²) in [7, 11) is 0. The van der Waals surface area contributed by atoms with E-state index in [1.807, 2.05) is 4.90 Å². The summed E-state index contributed by atoms with van der Waals surface area (Å²) < 4.78 is 0. The van der Waals surface area contributed by atoms with Crippen LogP contribution in [0.1, 0.15) is 77.6 Å². The highest BCUT2D eigenvalue weighted by Crippen LogP contribution is 2.12. The van der Waals surface area contributed by atoms with Crippen molar-refractivity contribution in [1.82, 2.24) is 10.2 Å². The Morgan fingerprint density at radius 3 is 1.96 bits per heavy atom. The molecule has 0 aromatic heterocycles. The third-order valence-corrected chi connectivity index (χ3v) is 4.82. The molecule has 0 saturated heterocycles. The monoisotopic (exact) mass is 386 g/mol. The van der Waals surface area contributed by atoms with Gasteiger partial charge in [0, 0.05) is 26.2 Å². The van der Waals surface area contributed by atoms with Crippen molar-refractivity contribution >= 4 is 11.9 Å². The average Bonchev–Trinajstić information content (AvgIpc) is 2.63. The van der Waals surface area contributed by atoms with E-state index in [1.165, 1.54) is 51.4 Å². The van der Waals surface area contributed by atoms with E-state index >= 15 is 0 Å². The van der Waals surface area contributed by atoms with Crippen LogP contribution in [0.4, 0.5) is 0 Å². The summed E-state index contributed by atoms with van der Waals surface area (Å²) in [6.07, 6.45) is 12.2. The smallest absolute Gasteiger partial charge is 0.321 e. The van der Waals surface area contributed by atoms with Crippen LogP contribution in [0.2, 0.25) is 0 Å². The van der Waals surface area contributed by atoms with Gasteiger partial charge in [-0.2, -0.15) is 0 Å². The topological polar surface area (TPSA) is 122 Å². The summed E-state index contributed by atoms with van der Waals surface area (Å²) >= 11 is 0. The van der Waals surface area contributed by atoms with Crippen LogP contribution >= 0.6 is 0 Å². The third-order valence-electron chi connectivity index (χ3n) is 4.82. The lowest BCUT2D eigenvalue weighted by Crippen LogP contribution is -2.47. The van der Waals surface area contributed by atoms with Gasteiger partial charge in [-0.25, -0.2) is 0 Å². The van der Waals surface area contributed by atoms with Crippen LogP contribution in [-0.4, -0.2) is 60.6 Å². The highest BCUT2D eigenvalue weighted by molar-refractivity contribution is 5.83. The Bertz CT molecular complexity index is 380. The highest BCUT2D eigenvalue weighted by atomic mass is 16.4. The molecular formula is C20H42N4O3. The number of nitrogens with zero attached hydrogens (tertiary/aromatic N) is 1. The zero-order valence-corrected chi connectivity index (χ0v) is 17.3. The molecule has 0 aliphatic heterocycles. The molecule has 1 unspecified atom stereocenters. The molecule has 0 aliphatic carbocycles. The van der Waals surface area contributed by atoms with Gasteiger partial charge in [0.05, 0.1) is 6.42 Å². The van der Waals surface area contributed by atoms with Gasteiger partial charge in [-0.15, -0.1) is 0 Å². The van der Waals surface area contributed by atoms with Crippen molar-refractivity contribution in [3.05, 3.63) is 0 Å². The van der Waals surface area contributed by atoms with Gasteiger partial charge in [0.25, 0.3) is 0 Å². The lowest BCUT2D eigenvalue weighted by Gasteiger charge is -2.28. The van der Waals surface area contributed by atoms with E-state index in [0.29, 0.717) is 32.7 Å². The van der Waals surface area contributed by atoms with Crippen LogP contribution in [0.3, 0.4) is 0 Å². The van der Waals surface area contributed by atoms with Crippen molar-refractivity contribution in [2.24, 2.45) is 11.5 Å². The minimum atomic E-state index is -0.986. The number of nitrogens with one attached hydrogen (secondary N) is 1. The second-order valence-electron chi connectivity index (χ2n) is 7.28. The maximum Gasteiger partial charge on any atom is 0.321 e. The predicted octanol–water partition coefficient (Wildman–Crippen LogP) is 2.09. The van der Waals surface area contributed by atoms with Crippen molar-refractivity contribution in [2.45, 2.75) is 83.6 Å². The molecule has 0 heterocycles. The van der Waals surface area contributed by atoms with Gasteiger partial charge in [-0.3, -0.25) is 14.5 Å². The summed E-state index contributed by atoms with van der Waals surface area (Å²) in [5, 5.41) is 12.6. The molecular weight excluding hydrogens is 344 g/mol. The van der Waals surface area contributed by atoms with E-state index in [4.69, 9.17) is 11.5 Å². The standard InChI is InChI=1S/C20H42N4O3/c1-2-3-4-5-6-7-8-9-10-11-15-24(16-14-23-13-12-21)18(20(26)27)17-19(22)25/h18,23H,2-17,21H2,1H3,(H2,22,25)(H,26,27). The van der Waals surface area contributed by atoms with E-state index < -0.39 is 17.9 Å². The molecule has 1 amide bonds. The number of primary amides is 1. The Morgan fingerprint density at radius 1 is 0.926 bits per heavy atom. The van der Waals surface area contributed by atoms with E-state index in [9.17, 15) is 14.7 Å². The first-order valence-electron chi connectivity index (χ1n) is 10.7. The van der Waals surface area contributed by atoms with Crippen molar-refractivity contribution < 1.29 is 14.7 Å². The quantitative estimate of drug-likeness (QED) is 0.238. The molecule has 0 radical (unpaired) electrons. The largest absolute Gasteiger partial charge is 0.480 e. The van der Waals surface area contributed by atoms with E-state index in [0.717, 1.165) is 12.8 Å². The zero-order valence-electron chi connectivity index (χ0n) is 17.3. The molecule has 0 rings (SSSR count). The summed E-state index contributed by atoms with van der Waals surface area (Å²) in [5.41, 5.74) is 10.7. The molecule has 0 fully saturated rings. The van der Waals surface area contributed by atoms with E-state index in [2.05, 4.69) is 12.2 Å². The lowest BCUT2D eigenvalue weighted by atomic mass is 10.1. The Balaban J connectivity index is 4.14. The number of carboxylic acid groups (broad SMARTS) is 1. The summed E-state index contributed by atoms with van der Waals surface area (Å²) in [6.45, 7) is 5.36. The van der Waals surface area contributed by atoms with Crippen molar-refractivity contribution in [3.63, 3.8) is 0 Å². The normalized spacial score (nSPS) is 12.4. The molecule has 0 aliphatic rings.